The number of aromatic nitrogens is 1. The molecule has 0 aliphatic heterocycles. The smallest absolute Gasteiger partial charge is 0.134 e. The summed E-state index contributed by atoms with van der Waals surface area (Å²) >= 11 is 0. The second-order valence-electron chi connectivity index (χ2n) is 6.88. The Bertz CT molecular complexity index is 1000. The largest absolute Gasteiger partial charge is 0.457 e. The van der Waals surface area contributed by atoms with Crippen molar-refractivity contribution in [3.05, 3.63) is 60.8 Å². The maximum atomic E-state index is 6.25. The van der Waals surface area contributed by atoms with Crippen LogP contribution in [0.3, 0.4) is 0 Å². The molecule has 24 heavy (non-hydrogen) atoms. The van der Waals surface area contributed by atoms with Crippen LogP contribution in [0.5, 0.6) is 0 Å². The van der Waals surface area contributed by atoms with Crippen LogP contribution in [0.15, 0.2) is 59.1 Å². The van der Waals surface area contributed by atoms with Crippen molar-refractivity contribution in [2.45, 2.75) is 19.6 Å². The van der Waals surface area contributed by atoms with E-state index in [1.165, 1.54) is 5.19 Å². The minimum Gasteiger partial charge on any atom is -0.457 e. The number of hydrogen-bond acceptors (Lipinski definition) is 2. The van der Waals surface area contributed by atoms with Crippen molar-refractivity contribution < 1.29 is 24.5 Å². The summed E-state index contributed by atoms with van der Waals surface area (Å²) in [7, 11) is -1.46. The molecule has 2 nitrogen and oxygen atoms in total. The zero-order valence-electron chi connectivity index (χ0n) is 13.9. The Morgan fingerprint density at radius 2 is 1.83 bits per heavy atom. The summed E-state index contributed by atoms with van der Waals surface area (Å²) in [6, 6.07) is 19.6. The Hall–Kier alpha value is -1.74. The third-order valence-electron chi connectivity index (χ3n) is 4.18. The fourth-order valence-corrected chi connectivity index (χ4v) is 4.45. The number of nitrogens with zero attached hydrogens (tertiary/aromatic N) is 1. The fraction of sp³-hybridized carbons (Fsp3) is 0.150. The molecule has 0 aliphatic carbocycles. The van der Waals surface area contributed by atoms with Crippen LogP contribution in [0.4, 0.5) is 0 Å². The molecule has 2 aromatic heterocycles. The zero-order chi connectivity index (χ0) is 16.0. The van der Waals surface area contributed by atoms with Gasteiger partial charge in [0.25, 0.3) is 0 Å². The van der Waals surface area contributed by atoms with Crippen LogP contribution >= 0.6 is 0 Å². The van der Waals surface area contributed by atoms with Crippen molar-refractivity contribution in [1.29, 1.82) is 0 Å². The number of hydrogen-bond donors (Lipinski definition) is 0. The monoisotopic (exact) mass is 509 g/mol. The van der Waals surface area contributed by atoms with Gasteiger partial charge >= 0.3 is 0 Å². The van der Waals surface area contributed by atoms with E-state index in [1.54, 1.807) is 0 Å². The van der Waals surface area contributed by atoms with Crippen molar-refractivity contribution in [2.75, 3.05) is 0 Å². The first-order valence-electron chi connectivity index (χ1n) is 7.83. The van der Waals surface area contributed by atoms with Crippen LogP contribution in [0.25, 0.3) is 33.2 Å². The number of rotatable bonds is 2. The molecule has 4 rings (SSSR count). The van der Waals surface area contributed by atoms with Crippen LogP contribution in [-0.4, -0.2) is 13.1 Å². The molecule has 0 saturated heterocycles. The van der Waals surface area contributed by atoms with Gasteiger partial charge in [-0.05, 0) is 16.9 Å². The minimum absolute atomic E-state index is 0. The number of pyridine rings is 1. The summed E-state index contributed by atoms with van der Waals surface area (Å²) in [6.07, 6.45) is 1.92. The number of furan rings is 1. The minimum atomic E-state index is -1.46. The molecule has 4 heteroatoms. The molecule has 0 amide bonds. The molecule has 0 aliphatic rings. The SMILES string of the molecule is C[Si](C)(C)c1cccc2c1oc1cc(-c3[c-]cccc3)ncc12.[Ir]. The molecule has 1 radical (unpaired) electrons. The Morgan fingerprint density at radius 1 is 1.00 bits per heavy atom. The van der Waals surface area contributed by atoms with Crippen molar-refractivity contribution in [3.8, 4) is 11.3 Å². The third kappa shape index (κ3) is 2.86. The van der Waals surface area contributed by atoms with E-state index in [4.69, 9.17) is 4.42 Å². The molecular formula is C20H18IrNOSi-. The predicted molar refractivity (Wildman–Crippen MR) is 98.8 cm³/mol. The van der Waals surface area contributed by atoms with Crippen LogP contribution < -0.4 is 5.19 Å². The van der Waals surface area contributed by atoms with Crippen LogP contribution in [0.2, 0.25) is 19.6 Å². The van der Waals surface area contributed by atoms with Gasteiger partial charge in [0.2, 0.25) is 0 Å². The summed E-state index contributed by atoms with van der Waals surface area (Å²) in [6.45, 7) is 7.03. The molecule has 4 aromatic rings. The van der Waals surface area contributed by atoms with Gasteiger partial charge in [-0.2, -0.15) is 0 Å². The van der Waals surface area contributed by atoms with Crippen LogP contribution in [-0.2, 0) is 20.1 Å². The first-order chi connectivity index (χ1) is 11.0. The number of benzene rings is 2. The molecule has 0 N–H and O–H groups in total. The predicted octanol–water partition coefficient (Wildman–Crippen LogP) is 4.99. The van der Waals surface area contributed by atoms with Gasteiger partial charge in [0.15, 0.2) is 0 Å². The van der Waals surface area contributed by atoms with E-state index in [0.717, 1.165) is 33.2 Å². The maximum absolute atomic E-state index is 6.25. The second-order valence-corrected chi connectivity index (χ2v) is 11.9. The normalized spacial score (nSPS) is 11.6. The summed E-state index contributed by atoms with van der Waals surface area (Å²) < 4.78 is 6.25. The molecule has 123 valence electrons. The van der Waals surface area contributed by atoms with Crippen molar-refractivity contribution in [2.24, 2.45) is 0 Å². The second kappa shape index (κ2) is 6.28. The fourth-order valence-electron chi connectivity index (χ4n) is 2.98. The van der Waals surface area contributed by atoms with Crippen LogP contribution in [0.1, 0.15) is 0 Å². The Morgan fingerprint density at radius 3 is 2.54 bits per heavy atom. The summed E-state index contributed by atoms with van der Waals surface area (Å²) in [5.41, 5.74) is 3.80. The van der Waals surface area contributed by atoms with Gasteiger partial charge in [0.1, 0.15) is 11.2 Å². The van der Waals surface area contributed by atoms with E-state index in [1.807, 2.05) is 36.5 Å². The summed E-state index contributed by atoms with van der Waals surface area (Å²) in [5.74, 6) is 0. The molecule has 0 spiro atoms. The molecule has 0 atom stereocenters. The van der Waals surface area contributed by atoms with E-state index in [2.05, 4.69) is 48.9 Å². The molecule has 0 fully saturated rings. The van der Waals surface area contributed by atoms with Crippen molar-refractivity contribution in [3.63, 3.8) is 0 Å². The first-order valence-corrected chi connectivity index (χ1v) is 11.3. The van der Waals surface area contributed by atoms with Gasteiger partial charge < -0.3 is 9.40 Å². The van der Waals surface area contributed by atoms with Gasteiger partial charge in [-0.1, -0.05) is 37.8 Å². The van der Waals surface area contributed by atoms with E-state index in [0.29, 0.717) is 0 Å². The van der Waals surface area contributed by atoms with Crippen molar-refractivity contribution in [1.82, 2.24) is 4.98 Å². The van der Waals surface area contributed by atoms with E-state index >= 15 is 0 Å². The molecular weight excluding hydrogens is 491 g/mol. The first kappa shape index (κ1) is 17.1. The zero-order valence-corrected chi connectivity index (χ0v) is 17.3. The number of para-hydroxylation sites is 1. The van der Waals surface area contributed by atoms with E-state index < -0.39 is 8.07 Å². The maximum Gasteiger partial charge on any atom is 0.134 e. The Kier molecular flexibility index (Phi) is 4.47. The van der Waals surface area contributed by atoms with Crippen molar-refractivity contribution >= 4 is 35.2 Å². The Labute approximate surface area is 156 Å². The molecule has 2 aromatic carbocycles. The molecule has 0 bridgehead atoms. The third-order valence-corrected chi connectivity index (χ3v) is 6.19. The van der Waals surface area contributed by atoms with Gasteiger partial charge in [0, 0.05) is 37.1 Å². The van der Waals surface area contributed by atoms with E-state index in [9.17, 15) is 0 Å². The van der Waals surface area contributed by atoms with Gasteiger partial charge in [-0.3, -0.25) is 0 Å². The van der Waals surface area contributed by atoms with Gasteiger partial charge in [-0.25, -0.2) is 0 Å². The van der Waals surface area contributed by atoms with Crippen LogP contribution in [0, 0.1) is 6.07 Å². The van der Waals surface area contributed by atoms with Gasteiger partial charge in [0.05, 0.1) is 8.07 Å². The number of fused-ring (bicyclic) bond motifs is 3. The average molecular weight is 509 g/mol. The quantitative estimate of drug-likeness (QED) is 0.282. The van der Waals surface area contributed by atoms with E-state index in [-0.39, 0.29) is 20.1 Å². The van der Waals surface area contributed by atoms with Gasteiger partial charge in [-0.15, -0.1) is 35.9 Å². The topological polar surface area (TPSA) is 26.0 Å². The standard InChI is InChI=1S/C20H18NOSi.Ir/c1-23(2,3)19-11-7-10-15-16-13-21-17(12-18(16)22-20(15)19)14-8-5-4-6-9-14;/h4-8,10-13H,1-3H3;/q-1;. The molecule has 0 saturated carbocycles. The summed E-state index contributed by atoms with van der Waals surface area (Å²) in [5, 5.41) is 3.61. The summed E-state index contributed by atoms with van der Waals surface area (Å²) in [4.78, 5) is 4.61. The average Bonchev–Trinajstić information content (AvgIpc) is 2.92. The molecule has 2 heterocycles. The molecule has 0 unspecified atom stereocenters. The Balaban J connectivity index is 0.00000169.